The average Bonchev–Trinajstić information content (AvgIpc) is 3.15. The summed E-state index contributed by atoms with van der Waals surface area (Å²) in [6, 6.07) is 32.5. The Morgan fingerprint density at radius 2 is 1.46 bits per heavy atom. The van der Waals surface area contributed by atoms with E-state index in [1.54, 1.807) is 16.7 Å². The van der Waals surface area contributed by atoms with Crippen LogP contribution in [0.15, 0.2) is 155 Å². The Kier molecular flexibility index (Phi) is 7.90. The number of rotatable bonds is 6. The highest BCUT2D eigenvalue weighted by molar-refractivity contribution is 6.10. The van der Waals surface area contributed by atoms with Crippen LogP contribution >= 0.6 is 0 Å². The molecule has 1 unspecified atom stereocenters. The molecule has 1 aliphatic heterocycles. The third-order valence-corrected chi connectivity index (χ3v) is 10.00. The van der Waals surface area contributed by atoms with Crippen LogP contribution in [0.5, 0.6) is 0 Å². The largest absolute Gasteiger partial charge is 0.340 e. The normalized spacial score (nSPS) is 19.6. The minimum atomic E-state index is 0.640. The molecule has 1 N–H and O–H groups in total. The summed E-state index contributed by atoms with van der Waals surface area (Å²) in [6.07, 6.45) is 21.6. The first kappa shape index (κ1) is 28.5. The third kappa shape index (κ3) is 5.74. The summed E-state index contributed by atoms with van der Waals surface area (Å²) < 4.78 is 0. The number of pyridine rings is 1. The smallest absolute Gasteiger partial charge is 0.128 e. The van der Waals surface area contributed by atoms with Crippen LogP contribution in [0.3, 0.4) is 0 Å². The Hall–Kier alpha value is -5.02. The van der Waals surface area contributed by atoms with Crippen LogP contribution in [0.2, 0.25) is 0 Å². The van der Waals surface area contributed by atoms with Gasteiger partial charge in [-0.3, -0.25) is 9.98 Å². The summed E-state index contributed by atoms with van der Waals surface area (Å²) >= 11 is 0. The lowest BCUT2D eigenvalue weighted by Gasteiger charge is -2.32. The molecule has 3 aromatic carbocycles. The quantitative estimate of drug-likeness (QED) is 0.240. The van der Waals surface area contributed by atoms with Crippen LogP contribution < -0.4 is 5.32 Å². The van der Waals surface area contributed by atoms with E-state index in [2.05, 4.69) is 120 Å². The van der Waals surface area contributed by atoms with Gasteiger partial charge in [0.25, 0.3) is 0 Å². The van der Waals surface area contributed by atoms with Gasteiger partial charge in [0, 0.05) is 18.0 Å². The maximum atomic E-state index is 5.20. The Morgan fingerprint density at radius 1 is 0.652 bits per heavy atom. The maximum absolute atomic E-state index is 5.20. The van der Waals surface area contributed by atoms with Gasteiger partial charge in [-0.15, -0.1) is 0 Å². The first-order valence-corrected chi connectivity index (χ1v) is 16.8. The summed E-state index contributed by atoms with van der Waals surface area (Å²) in [5.74, 6) is 1.67. The second-order valence-electron chi connectivity index (χ2n) is 12.8. The van der Waals surface area contributed by atoms with Crippen molar-refractivity contribution in [1.29, 1.82) is 0 Å². The van der Waals surface area contributed by atoms with Gasteiger partial charge in [-0.1, -0.05) is 109 Å². The predicted molar refractivity (Wildman–Crippen MR) is 192 cm³/mol. The van der Waals surface area contributed by atoms with E-state index in [1.807, 2.05) is 18.5 Å². The van der Waals surface area contributed by atoms with Crippen LogP contribution in [-0.2, 0) is 0 Å². The van der Waals surface area contributed by atoms with E-state index >= 15 is 0 Å². The zero-order valence-electron chi connectivity index (χ0n) is 26.3. The highest BCUT2D eigenvalue weighted by Crippen LogP contribution is 2.41. The number of hydrogen-bond acceptors (Lipinski definition) is 3. The molecule has 2 heterocycles. The fourth-order valence-corrected chi connectivity index (χ4v) is 7.55. The SMILES string of the molecule is C1=CC2=C(C3CC=C(C4=NCC(c5cccc(-c6ccccc6)c5)=C(c5ccc(-c6cccnc6)cc5)N4)CC3)CCC=C2CC1. The first-order valence-electron chi connectivity index (χ1n) is 16.8. The Labute approximate surface area is 272 Å². The van der Waals surface area contributed by atoms with E-state index in [0.717, 1.165) is 29.9 Å². The average molecular weight is 598 g/mol. The van der Waals surface area contributed by atoms with Crippen molar-refractivity contribution < 1.29 is 0 Å². The van der Waals surface area contributed by atoms with Crippen LogP contribution in [0.25, 0.3) is 33.5 Å². The Morgan fingerprint density at radius 3 is 2.28 bits per heavy atom. The van der Waals surface area contributed by atoms with Crippen LogP contribution in [0, 0.1) is 5.92 Å². The number of nitrogens with zero attached hydrogens (tertiary/aromatic N) is 2. The van der Waals surface area contributed by atoms with Gasteiger partial charge in [-0.05, 0) is 113 Å². The molecule has 3 heteroatoms. The van der Waals surface area contributed by atoms with E-state index in [4.69, 9.17) is 4.99 Å². The molecule has 1 atom stereocenters. The third-order valence-electron chi connectivity index (χ3n) is 10.00. The zero-order chi connectivity index (χ0) is 30.7. The molecule has 46 heavy (non-hydrogen) atoms. The van der Waals surface area contributed by atoms with Crippen molar-refractivity contribution in [1.82, 2.24) is 10.3 Å². The van der Waals surface area contributed by atoms with Crippen molar-refractivity contribution in [2.45, 2.75) is 44.9 Å². The zero-order valence-corrected chi connectivity index (χ0v) is 26.3. The number of benzene rings is 3. The van der Waals surface area contributed by atoms with Gasteiger partial charge >= 0.3 is 0 Å². The molecular formula is C43H39N3. The lowest BCUT2D eigenvalue weighted by atomic mass is 9.75. The molecule has 4 aromatic rings. The number of hydrogen-bond donors (Lipinski definition) is 1. The second kappa shape index (κ2) is 12.8. The molecule has 0 amide bonds. The molecule has 4 aliphatic rings. The molecule has 3 aliphatic carbocycles. The standard InChI is InChI=1S/C43H39N3/c1-2-9-30(10-3-1)36-13-6-14-37(27-36)41-29-45-43(46-42(41)34-22-18-31(19-23-34)38-15-8-26-44-28-38)35-24-20-33(21-25-35)40-17-7-12-32-11-4-5-16-39(32)40/h1-3,5-6,8-10,12-16,18-19,22-24,26-28,33H,4,7,11,17,20-21,25,29H2,(H,45,46). The van der Waals surface area contributed by atoms with Gasteiger partial charge in [0.2, 0.25) is 0 Å². The van der Waals surface area contributed by atoms with Gasteiger partial charge in [0.15, 0.2) is 0 Å². The lowest BCUT2D eigenvalue weighted by Crippen LogP contribution is -2.30. The van der Waals surface area contributed by atoms with Crippen LogP contribution in [0.4, 0.5) is 0 Å². The Balaban J connectivity index is 1.11. The van der Waals surface area contributed by atoms with Gasteiger partial charge in [0.05, 0.1) is 12.2 Å². The summed E-state index contributed by atoms with van der Waals surface area (Å²) in [4.78, 5) is 9.52. The Bertz CT molecular complexity index is 1940. The number of aromatic nitrogens is 1. The molecular weight excluding hydrogens is 558 g/mol. The van der Waals surface area contributed by atoms with E-state index < -0.39 is 0 Å². The molecule has 0 saturated heterocycles. The monoisotopic (exact) mass is 597 g/mol. The topological polar surface area (TPSA) is 37.3 Å². The predicted octanol–water partition coefficient (Wildman–Crippen LogP) is 10.4. The van der Waals surface area contributed by atoms with E-state index in [0.29, 0.717) is 12.5 Å². The van der Waals surface area contributed by atoms with E-state index in [-0.39, 0.29) is 0 Å². The minimum absolute atomic E-state index is 0.640. The lowest BCUT2D eigenvalue weighted by molar-refractivity contribution is 0.520. The van der Waals surface area contributed by atoms with Crippen LogP contribution in [-0.4, -0.2) is 17.4 Å². The minimum Gasteiger partial charge on any atom is -0.340 e. The number of aliphatic imine (C=N–C) groups is 1. The molecule has 0 radical (unpaired) electrons. The number of amidine groups is 1. The number of nitrogens with one attached hydrogen (secondary N) is 1. The highest BCUT2D eigenvalue weighted by atomic mass is 15.0. The fourth-order valence-electron chi connectivity index (χ4n) is 7.55. The van der Waals surface area contributed by atoms with Crippen molar-refractivity contribution in [3.8, 4) is 22.3 Å². The van der Waals surface area contributed by atoms with Gasteiger partial charge in [-0.25, -0.2) is 0 Å². The molecule has 3 nitrogen and oxygen atoms in total. The van der Waals surface area contributed by atoms with E-state index in [1.165, 1.54) is 71.1 Å². The summed E-state index contributed by atoms with van der Waals surface area (Å²) in [5.41, 5.74) is 15.7. The van der Waals surface area contributed by atoms with Crippen molar-refractivity contribution in [3.05, 3.63) is 161 Å². The molecule has 0 spiro atoms. The van der Waals surface area contributed by atoms with Crippen molar-refractivity contribution in [2.24, 2.45) is 10.9 Å². The van der Waals surface area contributed by atoms with Crippen molar-refractivity contribution in [2.75, 3.05) is 6.54 Å². The van der Waals surface area contributed by atoms with Gasteiger partial charge in [0.1, 0.15) is 5.84 Å². The molecule has 1 aromatic heterocycles. The van der Waals surface area contributed by atoms with Crippen molar-refractivity contribution >= 4 is 17.1 Å². The maximum Gasteiger partial charge on any atom is 0.128 e. The molecule has 0 saturated carbocycles. The fraction of sp³-hybridized carbons (Fsp3) is 0.209. The number of fused-ring (bicyclic) bond motifs is 1. The number of allylic oxidation sites excluding steroid dienone is 7. The molecule has 226 valence electrons. The summed E-state index contributed by atoms with van der Waals surface area (Å²) in [7, 11) is 0. The molecule has 8 rings (SSSR count). The van der Waals surface area contributed by atoms with Crippen molar-refractivity contribution in [3.63, 3.8) is 0 Å². The van der Waals surface area contributed by atoms with E-state index in [9.17, 15) is 0 Å². The van der Waals surface area contributed by atoms with Crippen LogP contribution in [0.1, 0.15) is 56.1 Å². The second-order valence-corrected chi connectivity index (χ2v) is 12.8. The van der Waals surface area contributed by atoms with Gasteiger partial charge < -0.3 is 5.32 Å². The summed E-state index contributed by atoms with van der Waals surface area (Å²) in [6.45, 7) is 0.648. The summed E-state index contributed by atoms with van der Waals surface area (Å²) in [5, 5.41) is 3.86. The first-order chi connectivity index (χ1) is 22.8. The van der Waals surface area contributed by atoms with Gasteiger partial charge in [-0.2, -0.15) is 0 Å². The molecule has 0 fully saturated rings. The molecule has 0 bridgehead atoms. The highest BCUT2D eigenvalue weighted by Gasteiger charge is 2.27.